The predicted octanol–water partition coefficient (Wildman–Crippen LogP) is 3.29. The minimum atomic E-state index is -4.97. The van der Waals surface area contributed by atoms with Gasteiger partial charge in [0.15, 0.2) is 9.84 Å². The maximum atomic E-state index is 13.4. The molecule has 4 aromatic rings. The van der Waals surface area contributed by atoms with Gasteiger partial charge in [-0.05, 0) is 77.9 Å². The van der Waals surface area contributed by atoms with Crippen LogP contribution in [0, 0.1) is 0 Å². The number of amides is 2. The standard InChI is InChI=1S/C34H33N3O14S4/c1-50-29-14-9-25(19-32(29)53(42,43)37-15-17-51-18-16-37)34(39)36-27-11-6-23(31(21-27)55(47,48)49)4-3-22-5-10-26(20-30(22)54(44,45)46)35-33(38)24-7-12-28(13-8-24)52(2,40)41/h3-14,19-21H,15-18H2,1-2H3,(H,35,38)(H,36,39)(H,44,45,46)(H,47,48,49)/b4-3+. The Hall–Kier alpha value is -5.00. The second-order valence-electron chi connectivity index (χ2n) is 11.9. The molecule has 1 aliphatic heterocycles. The van der Waals surface area contributed by atoms with Crippen LogP contribution in [0.1, 0.15) is 31.8 Å². The number of hydrogen-bond donors (Lipinski definition) is 4. The third kappa shape index (κ3) is 9.82. The van der Waals surface area contributed by atoms with Gasteiger partial charge in [-0.3, -0.25) is 18.7 Å². The Bertz CT molecular complexity index is 2640. The predicted molar refractivity (Wildman–Crippen MR) is 199 cm³/mol. The molecule has 5 rings (SSSR count). The molecular formula is C34H33N3O14S4. The molecule has 4 N–H and O–H groups in total. The zero-order chi connectivity index (χ0) is 40.3. The molecule has 292 valence electrons. The molecular weight excluding hydrogens is 803 g/mol. The lowest BCUT2D eigenvalue weighted by molar-refractivity contribution is 0.0729. The van der Waals surface area contributed by atoms with Gasteiger partial charge in [-0.15, -0.1) is 0 Å². The summed E-state index contributed by atoms with van der Waals surface area (Å²) >= 11 is 0. The van der Waals surface area contributed by atoms with Gasteiger partial charge in [0, 0.05) is 41.8 Å². The molecule has 2 amide bonds. The number of sulfone groups is 1. The molecule has 0 unspecified atom stereocenters. The second kappa shape index (κ2) is 16.0. The topological polar surface area (TPSA) is 257 Å². The number of hydrogen-bond acceptors (Lipinski definition) is 12. The number of rotatable bonds is 12. The number of carbonyl (C=O) groups excluding carboxylic acids is 2. The van der Waals surface area contributed by atoms with Crippen LogP contribution >= 0.6 is 0 Å². The summed E-state index contributed by atoms with van der Waals surface area (Å²) in [6, 6.07) is 15.5. The van der Waals surface area contributed by atoms with Crippen molar-refractivity contribution >= 4 is 75.4 Å². The number of morpholine rings is 1. The summed E-state index contributed by atoms with van der Waals surface area (Å²) in [6.45, 7) is 0.556. The van der Waals surface area contributed by atoms with E-state index in [2.05, 4.69) is 10.6 Å². The summed E-state index contributed by atoms with van der Waals surface area (Å²) in [6.07, 6.45) is 3.24. The van der Waals surface area contributed by atoms with Gasteiger partial charge < -0.3 is 20.1 Å². The molecule has 0 saturated carbocycles. The number of methoxy groups -OCH3 is 1. The molecule has 17 nitrogen and oxygen atoms in total. The van der Waals surface area contributed by atoms with Crippen molar-refractivity contribution in [3.63, 3.8) is 0 Å². The lowest BCUT2D eigenvalue weighted by Crippen LogP contribution is -2.40. The number of carbonyl (C=O) groups is 2. The molecule has 1 fully saturated rings. The largest absolute Gasteiger partial charge is 0.495 e. The van der Waals surface area contributed by atoms with E-state index in [1.165, 1.54) is 72.1 Å². The van der Waals surface area contributed by atoms with E-state index in [0.717, 1.165) is 36.6 Å². The van der Waals surface area contributed by atoms with Gasteiger partial charge in [0.2, 0.25) is 10.0 Å². The van der Waals surface area contributed by atoms with E-state index in [1.807, 2.05) is 0 Å². The van der Waals surface area contributed by atoms with Gasteiger partial charge in [0.1, 0.15) is 20.4 Å². The van der Waals surface area contributed by atoms with Crippen molar-refractivity contribution in [2.75, 3.05) is 50.3 Å². The normalized spacial score (nSPS) is 14.4. The van der Waals surface area contributed by atoms with Gasteiger partial charge in [0.05, 0.1) is 25.2 Å². The molecule has 1 aliphatic rings. The summed E-state index contributed by atoms with van der Waals surface area (Å²) < 4.78 is 131. The number of nitrogens with zero attached hydrogens (tertiary/aromatic N) is 1. The van der Waals surface area contributed by atoms with Crippen LogP contribution in [0.4, 0.5) is 11.4 Å². The van der Waals surface area contributed by atoms with Gasteiger partial charge in [-0.1, -0.05) is 24.3 Å². The molecule has 1 heterocycles. The molecule has 0 bridgehead atoms. The summed E-state index contributed by atoms with van der Waals surface area (Å²) in [5, 5.41) is 4.90. The van der Waals surface area contributed by atoms with Crippen LogP contribution in [0.15, 0.2) is 98.4 Å². The zero-order valence-electron chi connectivity index (χ0n) is 28.9. The number of anilines is 2. The summed E-state index contributed by atoms with van der Waals surface area (Å²) in [7, 11) is -16.2. The van der Waals surface area contributed by atoms with Crippen LogP contribution in [0.25, 0.3) is 12.2 Å². The fraction of sp³-hybridized carbons (Fsp3) is 0.176. The van der Waals surface area contributed by atoms with E-state index in [0.29, 0.717) is 0 Å². The monoisotopic (exact) mass is 835 g/mol. The van der Waals surface area contributed by atoms with Crippen molar-refractivity contribution in [2.24, 2.45) is 0 Å². The smallest absolute Gasteiger partial charge is 0.295 e. The highest BCUT2D eigenvalue weighted by atomic mass is 32.2. The van der Waals surface area contributed by atoms with E-state index in [1.54, 1.807) is 0 Å². The van der Waals surface area contributed by atoms with Crippen molar-refractivity contribution in [1.82, 2.24) is 4.31 Å². The maximum Gasteiger partial charge on any atom is 0.295 e. The molecule has 4 aromatic carbocycles. The quantitative estimate of drug-likeness (QED) is 0.118. The van der Waals surface area contributed by atoms with Crippen LogP contribution in [0.2, 0.25) is 0 Å². The van der Waals surface area contributed by atoms with Crippen molar-refractivity contribution in [3.8, 4) is 5.75 Å². The Morgan fingerprint density at radius 2 is 1.15 bits per heavy atom. The van der Waals surface area contributed by atoms with Gasteiger partial charge >= 0.3 is 0 Å². The highest BCUT2D eigenvalue weighted by Crippen LogP contribution is 2.30. The third-order valence-electron chi connectivity index (χ3n) is 8.10. The molecule has 55 heavy (non-hydrogen) atoms. The number of ether oxygens (including phenoxy) is 2. The number of nitrogens with one attached hydrogen (secondary N) is 2. The van der Waals surface area contributed by atoms with E-state index in [9.17, 15) is 52.4 Å². The Morgan fingerprint density at radius 1 is 0.673 bits per heavy atom. The van der Waals surface area contributed by atoms with Crippen molar-refractivity contribution < 1.29 is 61.8 Å². The zero-order valence-corrected chi connectivity index (χ0v) is 32.1. The van der Waals surface area contributed by atoms with Crippen LogP contribution in [0.5, 0.6) is 5.75 Å². The number of sulfonamides is 1. The first-order chi connectivity index (χ1) is 25.7. The van der Waals surface area contributed by atoms with Crippen molar-refractivity contribution in [3.05, 3.63) is 101 Å². The van der Waals surface area contributed by atoms with Crippen LogP contribution in [0.3, 0.4) is 0 Å². The molecule has 1 saturated heterocycles. The highest BCUT2D eigenvalue weighted by Gasteiger charge is 2.30. The Balaban J connectivity index is 1.40. The third-order valence-corrected chi connectivity index (χ3v) is 13.0. The summed E-state index contributed by atoms with van der Waals surface area (Å²) in [5.74, 6) is -1.56. The Labute approximate surface area is 317 Å². The van der Waals surface area contributed by atoms with E-state index >= 15 is 0 Å². The maximum absolute atomic E-state index is 13.4. The Morgan fingerprint density at radius 3 is 1.60 bits per heavy atom. The van der Waals surface area contributed by atoms with Gasteiger partial charge in [-0.25, -0.2) is 16.8 Å². The molecule has 0 aliphatic carbocycles. The summed E-state index contributed by atoms with van der Waals surface area (Å²) in [4.78, 5) is 24.3. The molecule has 21 heteroatoms. The van der Waals surface area contributed by atoms with E-state index in [4.69, 9.17) is 9.47 Å². The highest BCUT2D eigenvalue weighted by molar-refractivity contribution is 7.90. The van der Waals surface area contributed by atoms with Gasteiger partial charge in [0.25, 0.3) is 32.1 Å². The molecule has 0 radical (unpaired) electrons. The first-order valence-corrected chi connectivity index (χ1v) is 22.0. The summed E-state index contributed by atoms with van der Waals surface area (Å²) in [5.41, 5.74) is -0.574. The van der Waals surface area contributed by atoms with Crippen molar-refractivity contribution in [1.29, 1.82) is 0 Å². The SMILES string of the molecule is COc1ccc(C(=O)Nc2ccc(/C=C/c3ccc(NC(=O)c4ccc(S(C)(=O)=O)cc4)cc3S(=O)(=O)O)c(S(=O)(=O)O)c2)cc1S(=O)(=O)N1CCOCC1. The number of benzene rings is 4. The molecule has 0 spiro atoms. The lowest BCUT2D eigenvalue weighted by atomic mass is 10.1. The fourth-order valence-electron chi connectivity index (χ4n) is 5.33. The van der Waals surface area contributed by atoms with Crippen molar-refractivity contribution in [2.45, 2.75) is 19.6 Å². The molecule has 0 atom stereocenters. The van der Waals surface area contributed by atoms with Crippen LogP contribution in [-0.2, 0) is 44.8 Å². The minimum Gasteiger partial charge on any atom is -0.495 e. The first-order valence-electron chi connectivity index (χ1n) is 15.8. The first kappa shape index (κ1) is 41.2. The Kier molecular flexibility index (Phi) is 12.0. The molecule has 0 aromatic heterocycles. The lowest BCUT2D eigenvalue weighted by Gasteiger charge is -2.26. The van der Waals surface area contributed by atoms with Crippen LogP contribution < -0.4 is 15.4 Å². The minimum absolute atomic E-state index is 0.0109. The average molecular weight is 836 g/mol. The van der Waals surface area contributed by atoms with E-state index in [-0.39, 0.29) is 75.5 Å². The fourth-order valence-corrected chi connectivity index (χ4v) is 8.97. The average Bonchev–Trinajstić information content (AvgIpc) is 3.13. The van der Waals surface area contributed by atoms with E-state index < -0.39 is 61.7 Å². The van der Waals surface area contributed by atoms with Gasteiger partial charge in [-0.2, -0.15) is 21.1 Å². The van der Waals surface area contributed by atoms with Crippen LogP contribution in [-0.4, -0.2) is 98.6 Å². The second-order valence-corrected chi connectivity index (χ2v) is 18.6.